The third-order valence-corrected chi connectivity index (χ3v) is 10.5. The summed E-state index contributed by atoms with van der Waals surface area (Å²) in [6, 6.07) is 57.2. The minimum absolute atomic E-state index is 0.211. The summed E-state index contributed by atoms with van der Waals surface area (Å²) in [6.07, 6.45) is 0. The Balaban J connectivity index is 0.000000177. The lowest BCUT2D eigenvalue weighted by molar-refractivity contribution is 0.386. The van der Waals surface area contributed by atoms with Gasteiger partial charge in [0, 0.05) is 11.1 Å². The molecule has 0 unspecified atom stereocenters. The molecule has 288 valence electrons. The van der Waals surface area contributed by atoms with Crippen molar-refractivity contribution in [1.29, 1.82) is 0 Å². The normalized spacial score (nSPS) is 11.3. The highest BCUT2D eigenvalue weighted by atomic mass is 16.3. The Morgan fingerprint density at radius 1 is 0.224 bits per heavy atom. The van der Waals surface area contributed by atoms with Crippen LogP contribution in [-0.4, -0.2) is 40.9 Å². The second-order valence-corrected chi connectivity index (χ2v) is 13.7. The molecule has 0 aliphatic carbocycles. The molecular weight excluding hydrogens is 729 g/mol. The number of para-hydroxylation sites is 2. The summed E-state index contributed by atoms with van der Waals surface area (Å²) in [5.74, 6) is -2.00. The highest BCUT2D eigenvalue weighted by Crippen LogP contribution is 2.53. The Morgan fingerprint density at radius 2 is 0.534 bits per heavy atom. The van der Waals surface area contributed by atoms with E-state index in [9.17, 15) is 40.9 Å². The Hall–Kier alpha value is -7.84. The van der Waals surface area contributed by atoms with Gasteiger partial charge in [-0.15, -0.1) is 0 Å². The first-order valence-electron chi connectivity index (χ1n) is 18.4. The molecule has 8 aromatic carbocycles. The Morgan fingerprint density at radius 3 is 0.845 bits per heavy atom. The van der Waals surface area contributed by atoms with E-state index in [1.165, 1.54) is 36.4 Å². The third kappa shape index (κ3) is 6.73. The Bertz CT molecular complexity index is 2460. The van der Waals surface area contributed by atoms with Crippen molar-refractivity contribution in [3.8, 4) is 46.0 Å². The lowest BCUT2D eigenvalue weighted by atomic mass is 9.64. The molecule has 8 rings (SSSR count). The highest BCUT2D eigenvalue weighted by molar-refractivity contribution is 5.69. The van der Waals surface area contributed by atoms with Crippen LogP contribution in [-0.2, 0) is 10.8 Å². The Labute approximate surface area is 335 Å². The average Bonchev–Trinajstić information content (AvgIpc) is 3.26. The summed E-state index contributed by atoms with van der Waals surface area (Å²) in [5.41, 5.74) is 3.41. The molecule has 0 saturated heterocycles. The molecule has 0 spiro atoms. The number of benzene rings is 8. The van der Waals surface area contributed by atoms with Crippen LogP contribution >= 0.6 is 0 Å². The summed E-state index contributed by atoms with van der Waals surface area (Å²) in [5, 5.41) is 82.6. The average molecular weight is 769 g/mol. The van der Waals surface area contributed by atoms with E-state index >= 15 is 0 Å². The van der Waals surface area contributed by atoms with Crippen molar-refractivity contribution >= 4 is 0 Å². The van der Waals surface area contributed by atoms with Gasteiger partial charge in [-0.05, 0) is 69.8 Å². The van der Waals surface area contributed by atoms with Gasteiger partial charge in [0.25, 0.3) is 0 Å². The molecule has 0 fully saturated rings. The van der Waals surface area contributed by atoms with E-state index in [1.54, 1.807) is 36.4 Å². The first-order chi connectivity index (χ1) is 28.1. The summed E-state index contributed by atoms with van der Waals surface area (Å²) in [4.78, 5) is 0. The minimum Gasteiger partial charge on any atom is -0.504 e. The third-order valence-electron chi connectivity index (χ3n) is 10.5. The smallest absolute Gasteiger partial charge is 0.162 e. The molecule has 8 nitrogen and oxygen atoms in total. The summed E-state index contributed by atoms with van der Waals surface area (Å²) in [6.45, 7) is 0. The Kier molecular flexibility index (Phi) is 10.7. The largest absolute Gasteiger partial charge is 0.504 e. The van der Waals surface area contributed by atoms with Crippen LogP contribution in [0.25, 0.3) is 0 Å². The molecule has 0 amide bonds. The van der Waals surface area contributed by atoms with Crippen LogP contribution in [0.1, 0.15) is 44.5 Å². The van der Waals surface area contributed by atoms with Crippen LogP contribution in [0.15, 0.2) is 194 Å². The van der Waals surface area contributed by atoms with Gasteiger partial charge in [0.1, 0.15) is 0 Å². The van der Waals surface area contributed by atoms with Crippen LogP contribution in [0.3, 0.4) is 0 Å². The van der Waals surface area contributed by atoms with Gasteiger partial charge in [0.15, 0.2) is 46.0 Å². The predicted octanol–water partition coefficient (Wildman–Crippen LogP) is 9.78. The van der Waals surface area contributed by atoms with E-state index in [2.05, 4.69) is 0 Å². The van der Waals surface area contributed by atoms with Gasteiger partial charge < -0.3 is 40.9 Å². The maximum Gasteiger partial charge on any atom is 0.162 e. The van der Waals surface area contributed by atoms with E-state index in [-0.39, 0.29) is 46.0 Å². The first kappa shape index (κ1) is 38.4. The van der Waals surface area contributed by atoms with Crippen LogP contribution in [0.2, 0.25) is 0 Å². The van der Waals surface area contributed by atoms with Gasteiger partial charge in [-0.1, -0.05) is 158 Å². The maximum absolute atomic E-state index is 10.9. The summed E-state index contributed by atoms with van der Waals surface area (Å²) < 4.78 is 0. The molecule has 0 aromatic heterocycles. The van der Waals surface area contributed by atoms with Gasteiger partial charge in [-0.2, -0.15) is 0 Å². The SMILES string of the molecule is Oc1ccc(C(c2ccccc2)(c2ccccc2)c2ccc(O)c(O)c2)cc1O.Oc1cccc(C(c2ccccc2)(c2ccccc2)c2cccc(O)c2O)c1O. The fourth-order valence-corrected chi connectivity index (χ4v) is 7.87. The fourth-order valence-electron chi connectivity index (χ4n) is 7.87. The van der Waals surface area contributed by atoms with Crippen LogP contribution < -0.4 is 0 Å². The lowest BCUT2D eigenvalue weighted by Gasteiger charge is -2.37. The maximum atomic E-state index is 10.9. The molecule has 0 aliphatic rings. The number of aromatic hydroxyl groups is 8. The second kappa shape index (κ2) is 16.1. The van der Waals surface area contributed by atoms with Crippen LogP contribution in [0, 0.1) is 0 Å². The number of phenolic OH excluding ortho intramolecular Hbond substituents is 8. The molecule has 0 bridgehead atoms. The molecule has 8 aromatic rings. The highest BCUT2D eigenvalue weighted by Gasteiger charge is 2.43. The van der Waals surface area contributed by atoms with Crippen molar-refractivity contribution in [3.63, 3.8) is 0 Å². The van der Waals surface area contributed by atoms with Gasteiger partial charge >= 0.3 is 0 Å². The fraction of sp³-hybridized carbons (Fsp3) is 0.0400. The molecule has 0 radical (unpaired) electrons. The second-order valence-electron chi connectivity index (χ2n) is 13.7. The predicted molar refractivity (Wildman–Crippen MR) is 223 cm³/mol. The standard InChI is InChI=1S/2C25H20O4/c26-21-15-7-13-19(23(21)28)25(17-9-3-1-4-10-17,18-11-5-2-6-12-18)20-14-8-16-22(27)24(20)29;26-21-13-11-19(15-23(21)28)25(17-7-3-1-4-8-17,18-9-5-2-6-10-18)20-12-14-22(27)24(29)16-20/h2*1-16,26-29H. The molecule has 58 heavy (non-hydrogen) atoms. The van der Waals surface area contributed by atoms with E-state index in [1.807, 2.05) is 121 Å². The van der Waals surface area contributed by atoms with Crippen LogP contribution in [0.4, 0.5) is 0 Å². The van der Waals surface area contributed by atoms with Crippen molar-refractivity contribution in [3.05, 3.63) is 239 Å². The summed E-state index contributed by atoms with van der Waals surface area (Å²) in [7, 11) is 0. The van der Waals surface area contributed by atoms with Crippen LogP contribution in [0.5, 0.6) is 46.0 Å². The van der Waals surface area contributed by atoms with E-state index < -0.39 is 10.8 Å². The van der Waals surface area contributed by atoms with Gasteiger partial charge in [0.05, 0.1) is 10.8 Å². The molecule has 8 heteroatoms. The van der Waals surface area contributed by atoms with Crippen molar-refractivity contribution in [2.45, 2.75) is 10.8 Å². The monoisotopic (exact) mass is 768 g/mol. The molecule has 0 atom stereocenters. The van der Waals surface area contributed by atoms with Gasteiger partial charge in [0.2, 0.25) is 0 Å². The van der Waals surface area contributed by atoms with E-state index in [4.69, 9.17) is 0 Å². The molecule has 0 aliphatic heterocycles. The summed E-state index contributed by atoms with van der Waals surface area (Å²) >= 11 is 0. The van der Waals surface area contributed by atoms with Crippen molar-refractivity contribution < 1.29 is 40.9 Å². The number of hydrogen-bond acceptors (Lipinski definition) is 8. The number of phenols is 8. The number of hydrogen-bond donors (Lipinski definition) is 8. The topological polar surface area (TPSA) is 162 Å². The zero-order chi connectivity index (χ0) is 40.9. The lowest BCUT2D eigenvalue weighted by Crippen LogP contribution is -2.31. The van der Waals surface area contributed by atoms with E-state index in [0.717, 1.165) is 22.3 Å². The number of rotatable bonds is 8. The van der Waals surface area contributed by atoms with E-state index in [0.29, 0.717) is 22.3 Å². The molecular formula is C50H40O8. The molecule has 8 N–H and O–H groups in total. The van der Waals surface area contributed by atoms with Gasteiger partial charge in [-0.25, -0.2) is 0 Å². The zero-order valence-corrected chi connectivity index (χ0v) is 31.1. The van der Waals surface area contributed by atoms with Crippen molar-refractivity contribution in [1.82, 2.24) is 0 Å². The van der Waals surface area contributed by atoms with Crippen molar-refractivity contribution in [2.75, 3.05) is 0 Å². The zero-order valence-electron chi connectivity index (χ0n) is 31.1. The van der Waals surface area contributed by atoms with Gasteiger partial charge in [-0.3, -0.25) is 0 Å². The van der Waals surface area contributed by atoms with Crippen molar-refractivity contribution in [2.24, 2.45) is 0 Å². The molecule has 0 heterocycles. The first-order valence-corrected chi connectivity index (χ1v) is 18.4. The molecule has 0 saturated carbocycles. The minimum atomic E-state index is -1.19. The quantitative estimate of drug-likeness (QED) is 0.0560.